The topological polar surface area (TPSA) is 73.9 Å². The summed E-state index contributed by atoms with van der Waals surface area (Å²) in [6.45, 7) is 8.26. The molecular formula is C19H23N5O. The molecule has 6 nitrogen and oxygen atoms in total. The van der Waals surface area contributed by atoms with Gasteiger partial charge in [-0.05, 0) is 39.0 Å². The van der Waals surface area contributed by atoms with E-state index in [1.54, 1.807) is 12.3 Å². The molecule has 0 aliphatic heterocycles. The zero-order valence-corrected chi connectivity index (χ0v) is 14.8. The SMILES string of the molecule is CCN(CC)c1ncccc1CNC(=O)c1cccc2[nH]c(C)nc12. The van der Waals surface area contributed by atoms with Crippen LogP contribution in [0, 0.1) is 6.92 Å². The molecule has 0 atom stereocenters. The summed E-state index contributed by atoms with van der Waals surface area (Å²) in [4.78, 5) is 26.9. The number of H-pyrrole nitrogens is 1. The first-order valence-corrected chi connectivity index (χ1v) is 8.56. The number of benzene rings is 1. The summed E-state index contributed by atoms with van der Waals surface area (Å²) < 4.78 is 0. The van der Waals surface area contributed by atoms with Crippen LogP contribution in [0.5, 0.6) is 0 Å². The van der Waals surface area contributed by atoms with E-state index in [0.29, 0.717) is 17.6 Å². The standard InChI is InChI=1S/C19H23N5O/c1-4-24(5-2)18-14(8-7-11-20-18)12-21-19(25)15-9-6-10-16-17(15)23-13(3)22-16/h6-11H,4-5,12H2,1-3H3,(H,21,25)(H,22,23). The number of nitrogens with one attached hydrogen (secondary N) is 2. The smallest absolute Gasteiger partial charge is 0.253 e. The van der Waals surface area contributed by atoms with Crippen LogP contribution in [-0.2, 0) is 6.54 Å². The second kappa shape index (κ2) is 7.34. The highest BCUT2D eigenvalue weighted by atomic mass is 16.1. The fourth-order valence-electron chi connectivity index (χ4n) is 2.99. The zero-order chi connectivity index (χ0) is 17.8. The zero-order valence-electron chi connectivity index (χ0n) is 14.8. The Bertz CT molecular complexity index is 882. The van der Waals surface area contributed by atoms with Crippen LogP contribution in [0.15, 0.2) is 36.5 Å². The maximum Gasteiger partial charge on any atom is 0.253 e. The molecule has 0 saturated heterocycles. The first kappa shape index (κ1) is 17.0. The molecule has 0 aliphatic carbocycles. The molecular weight excluding hydrogens is 314 g/mol. The number of nitrogens with zero attached hydrogens (tertiary/aromatic N) is 3. The van der Waals surface area contributed by atoms with E-state index >= 15 is 0 Å². The highest BCUT2D eigenvalue weighted by Gasteiger charge is 2.14. The number of hydrogen-bond donors (Lipinski definition) is 2. The van der Waals surface area contributed by atoms with Gasteiger partial charge in [0.1, 0.15) is 17.2 Å². The van der Waals surface area contributed by atoms with Crippen LogP contribution in [0.3, 0.4) is 0 Å². The number of pyridine rings is 1. The summed E-state index contributed by atoms with van der Waals surface area (Å²) in [5.74, 6) is 1.58. The van der Waals surface area contributed by atoms with Crippen molar-refractivity contribution >= 4 is 22.8 Å². The van der Waals surface area contributed by atoms with E-state index in [-0.39, 0.29) is 5.91 Å². The van der Waals surface area contributed by atoms with Crippen molar-refractivity contribution < 1.29 is 4.79 Å². The van der Waals surface area contributed by atoms with Gasteiger partial charge in [-0.25, -0.2) is 9.97 Å². The van der Waals surface area contributed by atoms with E-state index in [4.69, 9.17) is 0 Å². The van der Waals surface area contributed by atoms with Crippen LogP contribution < -0.4 is 10.2 Å². The Hall–Kier alpha value is -2.89. The van der Waals surface area contributed by atoms with Crippen molar-refractivity contribution in [3.8, 4) is 0 Å². The van der Waals surface area contributed by atoms with Gasteiger partial charge in [0, 0.05) is 31.4 Å². The number of para-hydroxylation sites is 1. The molecule has 3 aromatic rings. The van der Waals surface area contributed by atoms with Gasteiger partial charge in [-0.15, -0.1) is 0 Å². The number of aromatic amines is 1. The maximum atomic E-state index is 12.7. The van der Waals surface area contributed by atoms with Crippen molar-refractivity contribution in [3.05, 3.63) is 53.5 Å². The minimum atomic E-state index is -0.133. The molecule has 2 N–H and O–H groups in total. The van der Waals surface area contributed by atoms with Crippen molar-refractivity contribution in [3.63, 3.8) is 0 Å². The molecule has 0 spiro atoms. The lowest BCUT2D eigenvalue weighted by Gasteiger charge is -2.22. The highest BCUT2D eigenvalue weighted by Crippen LogP contribution is 2.19. The fraction of sp³-hybridized carbons (Fsp3) is 0.316. The number of carbonyl (C=O) groups is 1. The minimum Gasteiger partial charge on any atom is -0.357 e. The Morgan fingerprint density at radius 3 is 2.76 bits per heavy atom. The van der Waals surface area contributed by atoms with E-state index in [2.05, 4.69) is 39.0 Å². The average molecular weight is 337 g/mol. The number of carbonyl (C=O) groups excluding carboxylic acids is 1. The van der Waals surface area contributed by atoms with Crippen LogP contribution in [0.25, 0.3) is 11.0 Å². The van der Waals surface area contributed by atoms with E-state index in [0.717, 1.165) is 35.8 Å². The van der Waals surface area contributed by atoms with E-state index in [9.17, 15) is 4.79 Å². The molecule has 0 unspecified atom stereocenters. The molecule has 3 rings (SSSR count). The number of aromatic nitrogens is 3. The first-order valence-electron chi connectivity index (χ1n) is 8.56. The van der Waals surface area contributed by atoms with Crippen LogP contribution in [0.2, 0.25) is 0 Å². The molecule has 0 radical (unpaired) electrons. The van der Waals surface area contributed by atoms with Gasteiger partial charge in [-0.1, -0.05) is 12.1 Å². The van der Waals surface area contributed by atoms with Crippen molar-refractivity contribution in [1.82, 2.24) is 20.3 Å². The number of anilines is 1. The van der Waals surface area contributed by atoms with Crippen LogP contribution in [0.1, 0.15) is 35.6 Å². The van der Waals surface area contributed by atoms with Crippen LogP contribution >= 0.6 is 0 Å². The third-order valence-corrected chi connectivity index (χ3v) is 4.25. The number of imidazole rings is 1. The molecule has 6 heteroatoms. The number of hydrogen-bond acceptors (Lipinski definition) is 4. The number of amides is 1. The Kier molecular flexibility index (Phi) is 4.97. The van der Waals surface area contributed by atoms with Crippen molar-refractivity contribution in [2.75, 3.05) is 18.0 Å². The lowest BCUT2D eigenvalue weighted by Crippen LogP contribution is -2.28. The predicted octanol–water partition coefficient (Wildman–Crippen LogP) is 3.04. The summed E-state index contributed by atoms with van der Waals surface area (Å²) in [5.41, 5.74) is 3.16. The van der Waals surface area contributed by atoms with Gasteiger partial charge in [0.2, 0.25) is 0 Å². The molecule has 0 bridgehead atoms. The third-order valence-electron chi connectivity index (χ3n) is 4.25. The van der Waals surface area contributed by atoms with Gasteiger partial charge in [0.15, 0.2) is 0 Å². The lowest BCUT2D eigenvalue weighted by molar-refractivity contribution is 0.0952. The second-order valence-electron chi connectivity index (χ2n) is 5.87. The monoisotopic (exact) mass is 337 g/mol. The average Bonchev–Trinajstić information content (AvgIpc) is 3.01. The second-order valence-corrected chi connectivity index (χ2v) is 5.87. The van der Waals surface area contributed by atoms with Crippen molar-refractivity contribution in [2.24, 2.45) is 0 Å². The highest BCUT2D eigenvalue weighted by molar-refractivity contribution is 6.04. The van der Waals surface area contributed by atoms with E-state index < -0.39 is 0 Å². The third kappa shape index (κ3) is 3.47. The van der Waals surface area contributed by atoms with Gasteiger partial charge in [-0.3, -0.25) is 4.79 Å². The Morgan fingerprint density at radius 2 is 2.00 bits per heavy atom. The quantitative estimate of drug-likeness (QED) is 0.725. The summed E-state index contributed by atoms with van der Waals surface area (Å²) in [5, 5.41) is 3.00. The Balaban J connectivity index is 1.81. The molecule has 0 fully saturated rings. The van der Waals surface area contributed by atoms with E-state index in [1.165, 1.54) is 0 Å². The molecule has 0 aliphatic rings. The molecule has 130 valence electrons. The van der Waals surface area contributed by atoms with E-state index in [1.807, 2.05) is 31.2 Å². The van der Waals surface area contributed by atoms with Crippen molar-refractivity contribution in [1.29, 1.82) is 0 Å². The lowest BCUT2D eigenvalue weighted by atomic mass is 10.1. The van der Waals surface area contributed by atoms with Gasteiger partial charge in [0.25, 0.3) is 5.91 Å². The van der Waals surface area contributed by atoms with Gasteiger partial charge in [-0.2, -0.15) is 0 Å². The summed E-state index contributed by atoms with van der Waals surface area (Å²) >= 11 is 0. The summed E-state index contributed by atoms with van der Waals surface area (Å²) in [6.07, 6.45) is 1.78. The van der Waals surface area contributed by atoms with Gasteiger partial charge < -0.3 is 15.2 Å². The molecule has 2 heterocycles. The predicted molar refractivity (Wildman–Crippen MR) is 99.8 cm³/mol. The van der Waals surface area contributed by atoms with Crippen LogP contribution in [0.4, 0.5) is 5.82 Å². The molecule has 1 amide bonds. The van der Waals surface area contributed by atoms with Crippen LogP contribution in [-0.4, -0.2) is 33.9 Å². The van der Waals surface area contributed by atoms with Gasteiger partial charge >= 0.3 is 0 Å². The maximum absolute atomic E-state index is 12.7. The normalized spacial score (nSPS) is 10.8. The Labute approximate surface area is 147 Å². The number of aryl methyl sites for hydroxylation is 1. The van der Waals surface area contributed by atoms with Gasteiger partial charge in [0.05, 0.1) is 11.1 Å². The summed E-state index contributed by atoms with van der Waals surface area (Å²) in [6, 6.07) is 9.48. The molecule has 0 saturated carbocycles. The fourth-order valence-corrected chi connectivity index (χ4v) is 2.99. The summed E-state index contributed by atoms with van der Waals surface area (Å²) in [7, 11) is 0. The molecule has 2 aromatic heterocycles. The largest absolute Gasteiger partial charge is 0.357 e. The first-order chi connectivity index (χ1) is 12.1. The number of fused-ring (bicyclic) bond motifs is 1. The Morgan fingerprint density at radius 1 is 1.20 bits per heavy atom. The number of rotatable bonds is 6. The minimum absolute atomic E-state index is 0.133. The van der Waals surface area contributed by atoms with Crippen molar-refractivity contribution in [2.45, 2.75) is 27.3 Å². The molecule has 1 aromatic carbocycles. The molecule has 25 heavy (non-hydrogen) atoms.